The fourth-order valence-corrected chi connectivity index (χ4v) is 4.16. The fraction of sp³-hybridized carbons (Fsp3) is 0.476. The number of carbonyl (C=O) groups is 1. The minimum Gasteiger partial charge on any atom is -0.496 e. The van der Waals surface area contributed by atoms with E-state index in [2.05, 4.69) is 35.4 Å². The molecule has 2 heterocycles. The zero-order chi connectivity index (χ0) is 18.4. The summed E-state index contributed by atoms with van der Waals surface area (Å²) in [5.74, 6) is 1.85. The number of para-hydroxylation sites is 1. The van der Waals surface area contributed by atoms with Crippen molar-refractivity contribution in [1.29, 1.82) is 0 Å². The van der Waals surface area contributed by atoms with Gasteiger partial charge in [-0.1, -0.05) is 31.2 Å². The van der Waals surface area contributed by atoms with Crippen molar-refractivity contribution in [2.75, 3.05) is 26.7 Å². The minimum atomic E-state index is 0.239. The van der Waals surface area contributed by atoms with Crippen molar-refractivity contribution >= 4 is 17.2 Å². The molecule has 0 atom stereocenters. The summed E-state index contributed by atoms with van der Waals surface area (Å²) in [5, 5.41) is 2.09. The Balaban J connectivity index is 1.69. The van der Waals surface area contributed by atoms with E-state index < -0.39 is 0 Å². The molecule has 0 saturated carbocycles. The summed E-state index contributed by atoms with van der Waals surface area (Å²) in [5.41, 5.74) is 1.12. The van der Waals surface area contributed by atoms with Crippen LogP contribution in [0.15, 0.2) is 41.8 Å². The average molecular weight is 373 g/mol. The number of rotatable bonds is 7. The maximum absolute atomic E-state index is 12.8. The first-order valence-electron chi connectivity index (χ1n) is 9.30. The Morgan fingerprint density at radius 1 is 1.19 bits per heavy atom. The monoisotopic (exact) mass is 372 g/mol. The lowest BCUT2D eigenvalue weighted by Gasteiger charge is -2.32. The van der Waals surface area contributed by atoms with E-state index >= 15 is 0 Å². The second kappa shape index (κ2) is 9.19. The summed E-state index contributed by atoms with van der Waals surface area (Å²) < 4.78 is 5.50. The van der Waals surface area contributed by atoms with Crippen LogP contribution < -0.4 is 4.74 Å². The van der Waals surface area contributed by atoms with Gasteiger partial charge in [0, 0.05) is 36.6 Å². The summed E-state index contributed by atoms with van der Waals surface area (Å²) in [4.78, 5) is 18.4. The maximum atomic E-state index is 12.8. The van der Waals surface area contributed by atoms with Gasteiger partial charge >= 0.3 is 0 Å². The lowest BCUT2D eigenvalue weighted by Crippen LogP contribution is -2.43. The van der Waals surface area contributed by atoms with Crippen LogP contribution in [0.25, 0.3) is 0 Å². The van der Waals surface area contributed by atoms with E-state index in [9.17, 15) is 4.79 Å². The molecule has 26 heavy (non-hydrogen) atoms. The molecule has 0 radical (unpaired) electrons. The lowest BCUT2D eigenvalue weighted by molar-refractivity contribution is -0.134. The molecule has 2 aromatic rings. The Hall–Kier alpha value is -1.85. The quantitative estimate of drug-likeness (QED) is 0.736. The second-order valence-corrected chi connectivity index (χ2v) is 8.13. The third kappa shape index (κ3) is 5.08. The molecule has 0 unspecified atom stereocenters. The highest BCUT2D eigenvalue weighted by atomic mass is 32.1. The fourth-order valence-electron chi connectivity index (χ4n) is 3.41. The molecule has 1 aromatic carbocycles. The zero-order valence-corrected chi connectivity index (χ0v) is 16.5. The number of amides is 1. The smallest absolute Gasteiger partial charge is 0.236 e. The van der Waals surface area contributed by atoms with Crippen LogP contribution in [0.1, 0.15) is 30.2 Å². The average Bonchev–Trinajstić information content (AvgIpc) is 3.15. The van der Waals surface area contributed by atoms with Crippen molar-refractivity contribution in [3.63, 3.8) is 0 Å². The number of benzene rings is 1. The molecule has 5 heteroatoms. The molecule has 1 saturated heterocycles. The second-order valence-electron chi connectivity index (χ2n) is 7.10. The zero-order valence-electron chi connectivity index (χ0n) is 15.7. The molecule has 1 aliphatic heterocycles. The molecule has 3 rings (SSSR count). The van der Waals surface area contributed by atoms with Crippen molar-refractivity contribution in [3.8, 4) is 5.75 Å². The van der Waals surface area contributed by atoms with Crippen LogP contribution >= 0.6 is 11.3 Å². The first-order chi connectivity index (χ1) is 12.7. The van der Waals surface area contributed by atoms with E-state index in [0.717, 1.165) is 49.7 Å². The Labute approximate surface area is 160 Å². The number of carbonyl (C=O) groups excluding carboxylic acids is 1. The number of thiophene rings is 1. The van der Waals surface area contributed by atoms with Gasteiger partial charge in [-0.15, -0.1) is 11.3 Å². The predicted molar refractivity (Wildman–Crippen MR) is 106 cm³/mol. The van der Waals surface area contributed by atoms with Crippen molar-refractivity contribution in [1.82, 2.24) is 9.80 Å². The van der Waals surface area contributed by atoms with Gasteiger partial charge < -0.3 is 9.64 Å². The van der Waals surface area contributed by atoms with Crippen LogP contribution in [-0.4, -0.2) is 42.5 Å². The van der Waals surface area contributed by atoms with Gasteiger partial charge in [-0.25, -0.2) is 0 Å². The molecule has 1 aliphatic rings. The van der Waals surface area contributed by atoms with Gasteiger partial charge in [-0.2, -0.15) is 0 Å². The molecule has 0 aliphatic carbocycles. The molecule has 4 nitrogen and oxygen atoms in total. The molecular weight excluding hydrogens is 344 g/mol. The number of methoxy groups -OCH3 is 1. The Kier molecular flexibility index (Phi) is 6.69. The SMILES string of the molecule is COc1ccccc1CN(CC(=O)N1CCC(C)CC1)Cc1cccs1. The third-order valence-corrected chi connectivity index (χ3v) is 5.90. The summed E-state index contributed by atoms with van der Waals surface area (Å²) in [6.07, 6.45) is 2.23. The summed E-state index contributed by atoms with van der Waals surface area (Å²) in [6, 6.07) is 12.3. The standard InChI is InChI=1S/C21H28N2O2S/c1-17-9-11-23(12-10-17)21(24)16-22(15-19-7-5-13-26-19)14-18-6-3-4-8-20(18)25-2/h3-8,13,17H,9-12,14-16H2,1-2H3. The Bertz CT molecular complexity index is 694. The number of piperidine rings is 1. The van der Waals surface area contributed by atoms with Crippen molar-refractivity contribution in [2.24, 2.45) is 5.92 Å². The molecule has 1 amide bonds. The van der Waals surface area contributed by atoms with Gasteiger partial charge in [0.25, 0.3) is 0 Å². The van der Waals surface area contributed by atoms with Crippen molar-refractivity contribution in [2.45, 2.75) is 32.9 Å². The topological polar surface area (TPSA) is 32.8 Å². The lowest BCUT2D eigenvalue weighted by atomic mass is 9.99. The van der Waals surface area contributed by atoms with E-state index in [1.54, 1.807) is 18.4 Å². The maximum Gasteiger partial charge on any atom is 0.236 e. The third-order valence-electron chi connectivity index (χ3n) is 5.04. The summed E-state index contributed by atoms with van der Waals surface area (Å²) in [6.45, 7) is 5.99. The van der Waals surface area contributed by atoms with Gasteiger partial charge in [0.05, 0.1) is 13.7 Å². The van der Waals surface area contributed by atoms with Gasteiger partial charge in [0.1, 0.15) is 5.75 Å². The number of nitrogens with zero attached hydrogens (tertiary/aromatic N) is 2. The molecule has 0 bridgehead atoms. The minimum absolute atomic E-state index is 0.239. The van der Waals surface area contributed by atoms with Gasteiger partial charge in [-0.05, 0) is 36.3 Å². The van der Waals surface area contributed by atoms with E-state index in [4.69, 9.17) is 4.74 Å². The molecule has 1 fully saturated rings. The van der Waals surface area contributed by atoms with Crippen LogP contribution in [0, 0.1) is 5.92 Å². The van der Waals surface area contributed by atoms with Gasteiger partial charge in [0.2, 0.25) is 5.91 Å². The van der Waals surface area contributed by atoms with Gasteiger partial charge in [0.15, 0.2) is 0 Å². The Morgan fingerprint density at radius 3 is 2.65 bits per heavy atom. The Morgan fingerprint density at radius 2 is 1.96 bits per heavy atom. The number of likely N-dealkylation sites (tertiary alicyclic amines) is 1. The molecule has 0 N–H and O–H groups in total. The largest absolute Gasteiger partial charge is 0.496 e. The van der Waals surface area contributed by atoms with Crippen molar-refractivity contribution in [3.05, 3.63) is 52.2 Å². The normalized spacial score (nSPS) is 15.4. The highest BCUT2D eigenvalue weighted by Crippen LogP contribution is 2.22. The predicted octanol–water partition coefficient (Wildman–Crippen LogP) is 4.02. The van der Waals surface area contributed by atoms with Crippen LogP contribution in [-0.2, 0) is 17.9 Å². The van der Waals surface area contributed by atoms with E-state index in [0.29, 0.717) is 13.1 Å². The van der Waals surface area contributed by atoms with Crippen LogP contribution in [0.2, 0.25) is 0 Å². The van der Waals surface area contributed by atoms with E-state index in [-0.39, 0.29) is 5.91 Å². The first-order valence-corrected chi connectivity index (χ1v) is 10.2. The molecule has 0 spiro atoms. The van der Waals surface area contributed by atoms with Gasteiger partial charge in [-0.3, -0.25) is 9.69 Å². The molecular formula is C21H28N2O2S. The highest BCUT2D eigenvalue weighted by Gasteiger charge is 2.23. The number of hydrogen-bond donors (Lipinski definition) is 0. The summed E-state index contributed by atoms with van der Waals surface area (Å²) >= 11 is 1.74. The molecule has 1 aromatic heterocycles. The van der Waals surface area contributed by atoms with Crippen LogP contribution in [0.5, 0.6) is 5.75 Å². The van der Waals surface area contributed by atoms with Crippen LogP contribution in [0.4, 0.5) is 0 Å². The van der Waals surface area contributed by atoms with Crippen LogP contribution in [0.3, 0.4) is 0 Å². The highest BCUT2D eigenvalue weighted by molar-refractivity contribution is 7.09. The van der Waals surface area contributed by atoms with E-state index in [1.165, 1.54) is 4.88 Å². The summed E-state index contributed by atoms with van der Waals surface area (Å²) in [7, 11) is 1.70. The molecule has 140 valence electrons. The van der Waals surface area contributed by atoms with Crippen molar-refractivity contribution < 1.29 is 9.53 Å². The van der Waals surface area contributed by atoms with E-state index in [1.807, 2.05) is 23.1 Å². The first kappa shape index (κ1) is 18.9. The number of ether oxygens (including phenoxy) is 1. The number of hydrogen-bond acceptors (Lipinski definition) is 4.